The number of hydrogen-bond donors (Lipinski definition) is 1. The quantitative estimate of drug-likeness (QED) is 0.895. The van der Waals surface area contributed by atoms with Crippen LogP contribution in [-0.2, 0) is 12.8 Å². The van der Waals surface area contributed by atoms with E-state index < -0.39 is 0 Å². The lowest BCUT2D eigenvalue weighted by atomic mass is 9.92. The summed E-state index contributed by atoms with van der Waals surface area (Å²) in [5.41, 5.74) is 3.45. The van der Waals surface area contributed by atoms with E-state index in [2.05, 4.69) is 29.6 Å². The summed E-state index contributed by atoms with van der Waals surface area (Å²) in [5.74, 6) is 0.177. The summed E-state index contributed by atoms with van der Waals surface area (Å²) < 4.78 is 14.0. The summed E-state index contributed by atoms with van der Waals surface area (Å²) >= 11 is 5.81. The largest absolute Gasteiger partial charge is 0.313 e. The van der Waals surface area contributed by atoms with Gasteiger partial charge in [-0.15, -0.1) is 0 Å². The second kappa shape index (κ2) is 5.55. The summed E-state index contributed by atoms with van der Waals surface area (Å²) in [5, 5.41) is 3.82. The Morgan fingerprint density at radius 2 is 2.05 bits per heavy atom. The Bertz CT molecular complexity index is 626. The zero-order valence-electron chi connectivity index (χ0n) is 11.4. The molecule has 0 heterocycles. The predicted octanol–water partition coefficient (Wildman–Crippen LogP) is 4.15. The fraction of sp³-hybridized carbons (Fsp3) is 0.294. The lowest BCUT2D eigenvalue weighted by molar-refractivity contribution is 0.404. The number of fused-ring (bicyclic) bond motifs is 1. The first-order valence-corrected chi connectivity index (χ1v) is 7.26. The van der Waals surface area contributed by atoms with E-state index in [1.54, 1.807) is 12.1 Å². The number of halogens is 2. The monoisotopic (exact) mass is 289 g/mol. The second-order valence-corrected chi connectivity index (χ2v) is 5.81. The van der Waals surface area contributed by atoms with Crippen molar-refractivity contribution in [1.82, 2.24) is 5.32 Å². The molecule has 2 aromatic rings. The van der Waals surface area contributed by atoms with Crippen molar-refractivity contribution in [2.24, 2.45) is 5.92 Å². The molecule has 0 aromatic heterocycles. The van der Waals surface area contributed by atoms with Gasteiger partial charge in [-0.05, 0) is 54.6 Å². The number of hydrogen-bond acceptors (Lipinski definition) is 1. The molecule has 0 saturated carbocycles. The number of nitrogens with one attached hydrogen (secondary N) is 1. The van der Waals surface area contributed by atoms with Gasteiger partial charge in [0, 0.05) is 11.1 Å². The van der Waals surface area contributed by atoms with Crippen molar-refractivity contribution in [2.45, 2.75) is 18.9 Å². The highest BCUT2D eigenvalue weighted by molar-refractivity contribution is 6.30. The average Bonchev–Trinajstić information content (AvgIpc) is 2.79. The van der Waals surface area contributed by atoms with Crippen LogP contribution in [-0.4, -0.2) is 7.05 Å². The molecular weight excluding hydrogens is 273 g/mol. The first kappa shape index (κ1) is 13.6. The summed E-state index contributed by atoms with van der Waals surface area (Å²) in [7, 11) is 1.97. The molecule has 1 aliphatic rings. The second-order valence-electron chi connectivity index (χ2n) is 5.37. The molecule has 1 nitrogen and oxygen atoms in total. The zero-order chi connectivity index (χ0) is 14.1. The van der Waals surface area contributed by atoms with E-state index in [1.165, 1.54) is 17.2 Å². The van der Waals surface area contributed by atoms with Gasteiger partial charge in [-0.25, -0.2) is 4.39 Å². The molecule has 0 radical (unpaired) electrons. The minimum absolute atomic E-state index is 0.205. The van der Waals surface area contributed by atoms with E-state index in [0.29, 0.717) is 17.0 Å². The molecule has 2 unspecified atom stereocenters. The van der Waals surface area contributed by atoms with Gasteiger partial charge in [-0.1, -0.05) is 41.9 Å². The lowest BCUT2D eigenvalue weighted by Crippen LogP contribution is -2.23. The van der Waals surface area contributed by atoms with E-state index in [9.17, 15) is 4.39 Å². The Morgan fingerprint density at radius 1 is 1.25 bits per heavy atom. The van der Waals surface area contributed by atoms with E-state index in [4.69, 9.17) is 11.6 Å². The molecule has 0 spiro atoms. The minimum Gasteiger partial charge on any atom is -0.313 e. The summed E-state index contributed by atoms with van der Waals surface area (Å²) in [6, 6.07) is 13.7. The van der Waals surface area contributed by atoms with Crippen LogP contribution in [0.2, 0.25) is 5.02 Å². The highest BCUT2D eigenvalue weighted by Crippen LogP contribution is 2.38. The van der Waals surface area contributed by atoms with Gasteiger partial charge in [0.05, 0.1) is 0 Å². The first-order chi connectivity index (χ1) is 9.69. The van der Waals surface area contributed by atoms with Gasteiger partial charge in [0.25, 0.3) is 0 Å². The molecule has 1 aliphatic carbocycles. The molecule has 2 aromatic carbocycles. The summed E-state index contributed by atoms with van der Waals surface area (Å²) in [6.45, 7) is 0. The SMILES string of the molecule is CNC1c2ccccc2CC1Cc1ccc(Cl)cc1F. The van der Waals surface area contributed by atoms with Gasteiger partial charge in [0.1, 0.15) is 5.82 Å². The third kappa shape index (κ3) is 2.46. The zero-order valence-corrected chi connectivity index (χ0v) is 12.1. The van der Waals surface area contributed by atoms with Crippen molar-refractivity contribution in [3.63, 3.8) is 0 Å². The first-order valence-electron chi connectivity index (χ1n) is 6.88. The van der Waals surface area contributed by atoms with Crippen LogP contribution in [0.25, 0.3) is 0 Å². The van der Waals surface area contributed by atoms with E-state index >= 15 is 0 Å². The molecule has 20 heavy (non-hydrogen) atoms. The van der Waals surface area contributed by atoms with Crippen LogP contribution in [0.5, 0.6) is 0 Å². The maximum absolute atomic E-state index is 14.0. The minimum atomic E-state index is -0.205. The normalized spacial score (nSPS) is 20.9. The van der Waals surface area contributed by atoms with Gasteiger partial charge in [0.15, 0.2) is 0 Å². The van der Waals surface area contributed by atoms with Crippen LogP contribution in [0.3, 0.4) is 0 Å². The van der Waals surface area contributed by atoms with Gasteiger partial charge < -0.3 is 5.32 Å². The van der Waals surface area contributed by atoms with Crippen LogP contribution in [0.1, 0.15) is 22.7 Å². The predicted molar refractivity (Wildman–Crippen MR) is 80.6 cm³/mol. The van der Waals surface area contributed by atoms with Gasteiger partial charge in [-0.2, -0.15) is 0 Å². The standard InChI is InChI=1S/C17H17ClFN/c1-20-17-13(8-11-4-2-3-5-15(11)17)9-12-6-7-14(18)10-16(12)19/h2-7,10,13,17,20H,8-9H2,1H3. The third-order valence-electron chi connectivity index (χ3n) is 4.15. The molecule has 0 aliphatic heterocycles. The van der Waals surface area contributed by atoms with E-state index in [-0.39, 0.29) is 5.82 Å². The lowest BCUT2D eigenvalue weighted by Gasteiger charge is -2.20. The smallest absolute Gasteiger partial charge is 0.127 e. The molecule has 0 saturated heterocycles. The molecule has 3 heteroatoms. The fourth-order valence-corrected chi connectivity index (χ4v) is 3.39. The van der Waals surface area contributed by atoms with Gasteiger partial charge in [0.2, 0.25) is 0 Å². The molecule has 104 valence electrons. The Labute approximate surface area is 123 Å². The van der Waals surface area contributed by atoms with Gasteiger partial charge >= 0.3 is 0 Å². The molecule has 0 fully saturated rings. The maximum atomic E-state index is 14.0. The molecular formula is C17H17ClFN. The average molecular weight is 290 g/mol. The number of rotatable bonds is 3. The van der Waals surface area contributed by atoms with Gasteiger partial charge in [-0.3, -0.25) is 0 Å². The Balaban J connectivity index is 1.85. The van der Waals surface area contributed by atoms with Crippen LogP contribution in [0.15, 0.2) is 42.5 Å². The van der Waals surface area contributed by atoms with Crippen molar-refractivity contribution in [3.05, 3.63) is 70.0 Å². The molecule has 2 atom stereocenters. The highest BCUT2D eigenvalue weighted by Gasteiger charge is 2.31. The van der Waals surface area contributed by atoms with Crippen molar-refractivity contribution in [2.75, 3.05) is 7.05 Å². The fourth-order valence-electron chi connectivity index (χ4n) is 3.23. The number of benzene rings is 2. The Kier molecular flexibility index (Phi) is 3.77. The molecule has 1 N–H and O–H groups in total. The summed E-state index contributed by atoms with van der Waals surface area (Å²) in [4.78, 5) is 0. The van der Waals surface area contributed by atoms with Crippen LogP contribution in [0.4, 0.5) is 4.39 Å². The Morgan fingerprint density at radius 3 is 2.80 bits per heavy atom. The Hall–Kier alpha value is -1.38. The third-order valence-corrected chi connectivity index (χ3v) is 4.39. The molecule has 0 amide bonds. The molecule has 3 rings (SSSR count). The van der Waals surface area contributed by atoms with Crippen LogP contribution in [0, 0.1) is 11.7 Å². The molecule has 0 bridgehead atoms. The van der Waals surface area contributed by atoms with Crippen molar-refractivity contribution in [3.8, 4) is 0 Å². The van der Waals surface area contributed by atoms with Crippen molar-refractivity contribution < 1.29 is 4.39 Å². The van der Waals surface area contributed by atoms with Crippen LogP contribution < -0.4 is 5.32 Å². The summed E-state index contributed by atoms with van der Waals surface area (Å²) in [6.07, 6.45) is 1.72. The van der Waals surface area contributed by atoms with E-state index in [0.717, 1.165) is 18.4 Å². The van der Waals surface area contributed by atoms with Crippen molar-refractivity contribution in [1.29, 1.82) is 0 Å². The maximum Gasteiger partial charge on any atom is 0.127 e. The van der Waals surface area contributed by atoms with Crippen LogP contribution >= 0.6 is 11.6 Å². The van der Waals surface area contributed by atoms with Crippen molar-refractivity contribution >= 4 is 11.6 Å². The van der Waals surface area contributed by atoms with E-state index in [1.807, 2.05) is 7.05 Å². The topological polar surface area (TPSA) is 12.0 Å². The highest BCUT2D eigenvalue weighted by atomic mass is 35.5.